The van der Waals surface area contributed by atoms with Crippen molar-refractivity contribution >= 4 is 39.1 Å². The van der Waals surface area contributed by atoms with Gasteiger partial charge in [-0.2, -0.15) is 13.2 Å². The Balaban J connectivity index is 1.77. The first kappa shape index (κ1) is 23.5. The molecule has 0 aliphatic heterocycles. The molecule has 8 heteroatoms. The Bertz CT molecular complexity index is 1070. The number of carbonyl (C=O) groups excluding carboxylic acids is 2. The standard InChI is InChI=1S/C24H20BrF3N2O2/c1-15-4-2-5-16(8-15)11-22(31)12-17-9-18(24(26,27)28)13-21(10-17)30-23(32)29-20-7-3-6-19(25)14-20/h2-10,13-14H,11-12H2,1H3,(H2,29,30,32). The molecular weight excluding hydrogens is 485 g/mol. The van der Waals surface area contributed by atoms with Gasteiger partial charge in [-0.1, -0.05) is 51.8 Å². The Morgan fingerprint density at radius 1 is 0.844 bits per heavy atom. The van der Waals surface area contributed by atoms with Crippen LogP contribution in [0.2, 0.25) is 0 Å². The summed E-state index contributed by atoms with van der Waals surface area (Å²) in [7, 11) is 0. The van der Waals surface area contributed by atoms with Crippen molar-refractivity contribution in [3.8, 4) is 0 Å². The zero-order valence-corrected chi connectivity index (χ0v) is 18.7. The van der Waals surface area contributed by atoms with Gasteiger partial charge in [0.2, 0.25) is 0 Å². The van der Waals surface area contributed by atoms with Crippen molar-refractivity contribution < 1.29 is 22.8 Å². The zero-order valence-electron chi connectivity index (χ0n) is 17.1. The van der Waals surface area contributed by atoms with Gasteiger partial charge >= 0.3 is 12.2 Å². The average Bonchev–Trinajstić information content (AvgIpc) is 2.67. The van der Waals surface area contributed by atoms with Crippen LogP contribution >= 0.6 is 15.9 Å². The highest BCUT2D eigenvalue weighted by Crippen LogP contribution is 2.32. The Kier molecular flexibility index (Phi) is 7.35. The second-order valence-electron chi connectivity index (χ2n) is 7.39. The normalized spacial score (nSPS) is 11.2. The number of amides is 2. The van der Waals surface area contributed by atoms with Crippen molar-refractivity contribution in [1.29, 1.82) is 0 Å². The maximum atomic E-state index is 13.4. The average molecular weight is 505 g/mol. The van der Waals surface area contributed by atoms with Crippen molar-refractivity contribution in [3.05, 3.63) is 93.5 Å². The molecule has 0 saturated carbocycles. The van der Waals surface area contributed by atoms with Crippen LogP contribution < -0.4 is 10.6 Å². The molecule has 0 radical (unpaired) electrons. The lowest BCUT2D eigenvalue weighted by molar-refractivity contribution is -0.137. The van der Waals surface area contributed by atoms with Crippen molar-refractivity contribution in [2.75, 3.05) is 10.6 Å². The van der Waals surface area contributed by atoms with Crippen LogP contribution in [0.1, 0.15) is 22.3 Å². The number of hydrogen-bond donors (Lipinski definition) is 2. The number of carbonyl (C=O) groups is 2. The molecule has 2 amide bonds. The zero-order chi connectivity index (χ0) is 23.3. The van der Waals surface area contributed by atoms with Crippen LogP contribution in [0.5, 0.6) is 0 Å². The van der Waals surface area contributed by atoms with E-state index in [-0.39, 0.29) is 29.9 Å². The number of halogens is 4. The predicted molar refractivity (Wildman–Crippen MR) is 122 cm³/mol. The van der Waals surface area contributed by atoms with E-state index in [1.54, 1.807) is 30.3 Å². The second-order valence-corrected chi connectivity index (χ2v) is 8.30. The molecule has 0 aliphatic carbocycles. The van der Waals surface area contributed by atoms with E-state index >= 15 is 0 Å². The van der Waals surface area contributed by atoms with Crippen LogP contribution in [0.15, 0.2) is 71.2 Å². The fourth-order valence-electron chi connectivity index (χ4n) is 3.23. The lowest BCUT2D eigenvalue weighted by Crippen LogP contribution is -2.20. The van der Waals surface area contributed by atoms with E-state index in [1.807, 2.05) is 25.1 Å². The monoisotopic (exact) mass is 504 g/mol. The first-order chi connectivity index (χ1) is 15.1. The van der Waals surface area contributed by atoms with E-state index in [1.165, 1.54) is 6.07 Å². The smallest absolute Gasteiger partial charge is 0.308 e. The topological polar surface area (TPSA) is 58.2 Å². The van der Waals surface area contributed by atoms with Gasteiger partial charge in [0.1, 0.15) is 5.78 Å². The lowest BCUT2D eigenvalue weighted by atomic mass is 9.99. The Hall–Kier alpha value is -3.13. The molecule has 3 rings (SSSR count). The van der Waals surface area contributed by atoms with Crippen LogP contribution in [-0.2, 0) is 23.8 Å². The molecule has 0 aromatic heterocycles. The molecule has 0 saturated heterocycles. The second kappa shape index (κ2) is 9.99. The molecule has 0 fully saturated rings. The molecule has 2 N–H and O–H groups in total. The van der Waals surface area contributed by atoms with Crippen LogP contribution in [0.4, 0.5) is 29.3 Å². The molecule has 3 aromatic rings. The van der Waals surface area contributed by atoms with E-state index < -0.39 is 17.8 Å². The number of hydrogen-bond acceptors (Lipinski definition) is 2. The maximum Gasteiger partial charge on any atom is 0.416 e. The number of Topliss-reactive ketones (excluding diaryl/α,β-unsaturated/α-hetero) is 1. The summed E-state index contributed by atoms with van der Waals surface area (Å²) in [6.07, 6.45) is -4.68. The predicted octanol–water partition coefficient (Wildman–Crippen LogP) is 6.77. The molecule has 0 heterocycles. The minimum absolute atomic E-state index is 0.0503. The van der Waals surface area contributed by atoms with Gasteiger partial charge in [0.25, 0.3) is 0 Å². The SMILES string of the molecule is Cc1cccc(CC(=O)Cc2cc(NC(=O)Nc3cccc(Br)c3)cc(C(F)(F)F)c2)c1. The fourth-order valence-corrected chi connectivity index (χ4v) is 3.63. The number of nitrogens with one attached hydrogen (secondary N) is 2. The lowest BCUT2D eigenvalue weighted by Gasteiger charge is -2.14. The third-order valence-corrected chi connectivity index (χ3v) is 5.04. The Morgan fingerprint density at radius 3 is 2.22 bits per heavy atom. The Labute approximate surface area is 192 Å². The summed E-state index contributed by atoms with van der Waals surface area (Å²) in [5.41, 5.74) is 1.46. The number of aryl methyl sites for hydroxylation is 1. The summed E-state index contributed by atoms with van der Waals surface area (Å²) in [6.45, 7) is 1.90. The molecule has 4 nitrogen and oxygen atoms in total. The van der Waals surface area contributed by atoms with E-state index in [2.05, 4.69) is 26.6 Å². The highest BCUT2D eigenvalue weighted by atomic mass is 79.9. The van der Waals surface area contributed by atoms with Gasteiger partial charge in [-0.25, -0.2) is 4.79 Å². The first-order valence-electron chi connectivity index (χ1n) is 9.70. The molecule has 0 atom stereocenters. The fraction of sp³-hybridized carbons (Fsp3) is 0.167. The number of benzene rings is 3. The van der Waals surface area contributed by atoms with E-state index in [0.29, 0.717) is 5.69 Å². The number of ketones is 1. The van der Waals surface area contributed by atoms with Crippen molar-refractivity contribution in [3.63, 3.8) is 0 Å². The molecular formula is C24H20BrF3N2O2. The summed E-state index contributed by atoms with van der Waals surface area (Å²) >= 11 is 3.28. The van der Waals surface area contributed by atoms with Crippen molar-refractivity contribution in [2.24, 2.45) is 0 Å². The van der Waals surface area contributed by atoms with Crippen molar-refractivity contribution in [2.45, 2.75) is 25.9 Å². The highest BCUT2D eigenvalue weighted by molar-refractivity contribution is 9.10. The first-order valence-corrected chi connectivity index (χ1v) is 10.5. The van der Waals surface area contributed by atoms with Gasteiger partial charge in [0.05, 0.1) is 5.56 Å². The largest absolute Gasteiger partial charge is 0.416 e. The van der Waals surface area contributed by atoms with Gasteiger partial charge in [0, 0.05) is 28.7 Å². The number of alkyl halides is 3. The summed E-state index contributed by atoms with van der Waals surface area (Å²) in [4.78, 5) is 24.8. The summed E-state index contributed by atoms with van der Waals surface area (Å²) in [5.74, 6) is -0.223. The maximum absolute atomic E-state index is 13.4. The summed E-state index contributed by atoms with van der Waals surface area (Å²) in [5, 5.41) is 4.98. The molecule has 0 bridgehead atoms. The summed E-state index contributed by atoms with van der Waals surface area (Å²) in [6, 6.07) is 16.6. The minimum atomic E-state index is -4.62. The molecule has 0 aliphatic rings. The Morgan fingerprint density at radius 2 is 1.53 bits per heavy atom. The van der Waals surface area contributed by atoms with Gasteiger partial charge in [-0.15, -0.1) is 0 Å². The minimum Gasteiger partial charge on any atom is -0.308 e. The van der Waals surface area contributed by atoms with E-state index in [4.69, 9.17) is 0 Å². The molecule has 166 valence electrons. The van der Waals surface area contributed by atoms with Gasteiger partial charge in [0.15, 0.2) is 0 Å². The van der Waals surface area contributed by atoms with E-state index in [9.17, 15) is 22.8 Å². The van der Waals surface area contributed by atoms with E-state index in [0.717, 1.165) is 27.7 Å². The number of urea groups is 1. The van der Waals surface area contributed by atoms with Crippen LogP contribution in [-0.4, -0.2) is 11.8 Å². The molecule has 32 heavy (non-hydrogen) atoms. The molecule has 0 unspecified atom stereocenters. The number of rotatable bonds is 6. The molecule has 3 aromatic carbocycles. The third-order valence-electron chi connectivity index (χ3n) is 4.55. The van der Waals surface area contributed by atoms with Crippen LogP contribution in [0.25, 0.3) is 0 Å². The highest BCUT2D eigenvalue weighted by Gasteiger charge is 2.31. The van der Waals surface area contributed by atoms with Crippen molar-refractivity contribution in [1.82, 2.24) is 0 Å². The van der Waals surface area contributed by atoms with Crippen LogP contribution in [0.3, 0.4) is 0 Å². The number of anilines is 2. The van der Waals surface area contributed by atoms with Gasteiger partial charge < -0.3 is 10.6 Å². The summed E-state index contributed by atoms with van der Waals surface area (Å²) < 4.78 is 40.9. The van der Waals surface area contributed by atoms with Gasteiger partial charge in [-0.05, 0) is 54.4 Å². The third kappa shape index (κ3) is 6.95. The molecule has 0 spiro atoms. The quantitative estimate of drug-likeness (QED) is 0.388. The van der Waals surface area contributed by atoms with Gasteiger partial charge in [-0.3, -0.25) is 4.79 Å². The van der Waals surface area contributed by atoms with Crippen LogP contribution in [0, 0.1) is 6.92 Å².